The molecule has 10 heteroatoms. The van der Waals surface area contributed by atoms with Crippen LogP contribution in [0.2, 0.25) is 0 Å². The molecule has 0 bridgehead atoms. The van der Waals surface area contributed by atoms with Gasteiger partial charge >= 0.3 is 11.9 Å². The fraction of sp³-hybridized carbons (Fsp3) is 0.259. The molecule has 1 aromatic heterocycles. The third-order valence-electron chi connectivity index (χ3n) is 5.98. The Bertz CT molecular complexity index is 1410. The third kappa shape index (κ3) is 4.67. The number of aliphatic hydroxyl groups excluding tert-OH is 1. The summed E-state index contributed by atoms with van der Waals surface area (Å²) < 4.78 is 15.7. The highest BCUT2D eigenvalue weighted by Gasteiger charge is 2.48. The van der Waals surface area contributed by atoms with Crippen LogP contribution in [0.3, 0.4) is 0 Å². The number of aromatic nitrogens is 1. The molecule has 1 atom stereocenters. The number of rotatable bonds is 7. The van der Waals surface area contributed by atoms with Gasteiger partial charge in [-0.25, -0.2) is 9.78 Å². The molecule has 2 heterocycles. The van der Waals surface area contributed by atoms with Gasteiger partial charge in [-0.2, -0.15) is 0 Å². The van der Waals surface area contributed by atoms with E-state index in [0.717, 1.165) is 16.9 Å². The second kappa shape index (κ2) is 10.4. The quantitative estimate of drug-likeness (QED) is 0.208. The lowest BCUT2D eigenvalue weighted by Gasteiger charge is -2.23. The molecule has 2 aromatic carbocycles. The number of thiazole rings is 1. The lowest BCUT2D eigenvalue weighted by Crippen LogP contribution is -2.29. The topological polar surface area (TPSA) is 115 Å². The number of hydrogen-bond acceptors (Lipinski definition) is 9. The monoisotopic (exact) mass is 522 g/mol. The molecule has 3 aromatic rings. The molecule has 1 N–H and O–H groups in total. The maximum atomic E-state index is 13.4. The van der Waals surface area contributed by atoms with Crippen molar-refractivity contribution in [3.63, 3.8) is 0 Å². The van der Waals surface area contributed by atoms with E-state index in [2.05, 4.69) is 4.98 Å². The number of carbonyl (C=O) groups excluding carboxylic acids is 3. The van der Waals surface area contributed by atoms with Gasteiger partial charge in [0.2, 0.25) is 0 Å². The number of carbonyl (C=O) groups is 3. The Balaban J connectivity index is 1.91. The molecule has 1 aliphatic heterocycles. The van der Waals surface area contributed by atoms with E-state index < -0.39 is 23.7 Å². The van der Waals surface area contributed by atoms with Crippen LogP contribution in [0.1, 0.15) is 45.0 Å². The van der Waals surface area contributed by atoms with Crippen LogP contribution in [0.5, 0.6) is 11.5 Å². The Labute approximate surface area is 217 Å². The number of nitrogens with zero attached hydrogens (tertiary/aromatic N) is 2. The Morgan fingerprint density at radius 3 is 2.41 bits per heavy atom. The van der Waals surface area contributed by atoms with Crippen LogP contribution >= 0.6 is 11.3 Å². The maximum absolute atomic E-state index is 13.4. The molecule has 1 aliphatic rings. The molecule has 1 fully saturated rings. The Morgan fingerprint density at radius 2 is 1.81 bits per heavy atom. The first-order chi connectivity index (χ1) is 17.7. The predicted molar refractivity (Wildman–Crippen MR) is 138 cm³/mol. The Hall–Kier alpha value is -4.18. The van der Waals surface area contributed by atoms with E-state index in [1.165, 1.54) is 19.1 Å². The van der Waals surface area contributed by atoms with Gasteiger partial charge in [0.25, 0.3) is 5.78 Å². The average molecular weight is 523 g/mol. The standard InChI is InChI=1S/C27H26N2O7S/c1-6-36-18-10-7-16(8-11-18)21-20(22(30)17-9-12-19(34-4)14(2)13-17)23(31)25(32)29(21)27-28-15(3)24(37-27)26(33)35-5/h7-13,21,30H,6H2,1-5H3. The van der Waals surface area contributed by atoms with Crippen LogP contribution in [0.15, 0.2) is 48.0 Å². The van der Waals surface area contributed by atoms with Crippen LogP contribution < -0.4 is 14.4 Å². The molecule has 0 aliphatic carbocycles. The van der Waals surface area contributed by atoms with Crippen LogP contribution in [0.25, 0.3) is 5.76 Å². The molecule has 0 saturated carbocycles. The molecular formula is C27H26N2O7S. The average Bonchev–Trinajstić information content (AvgIpc) is 3.40. The van der Waals surface area contributed by atoms with Gasteiger partial charge in [0, 0.05) is 5.56 Å². The highest BCUT2D eigenvalue weighted by atomic mass is 32.1. The van der Waals surface area contributed by atoms with Crippen LogP contribution in [0, 0.1) is 13.8 Å². The fourth-order valence-corrected chi connectivity index (χ4v) is 5.22. The molecule has 0 radical (unpaired) electrons. The number of aryl methyl sites for hydroxylation is 2. The van der Waals surface area contributed by atoms with Crippen molar-refractivity contribution in [2.45, 2.75) is 26.8 Å². The first kappa shape index (κ1) is 25.9. The summed E-state index contributed by atoms with van der Waals surface area (Å²) in [6.07, 6.45) is 0. The van der Waals surface area contributed by atoms with Gasteiger partial charge in [-0.1, -0.05) is 23.5 Å². The number of Topliss-reactive ketones (excluding diaryl/α,β-unsaturated/α-hetero) is 1. The third-order valence-corrected chi connectivity index (χ3v) is 7.12. The van der Waals surface area contributed by atoms with Gasteiger partial charge in [0.15, 0.2) is 5.13 Å². The highest BCUT2D eigenvalue weighted by Crippen LogP contribution is 2.44. The van der Waals surface area contributed by atoms with Gasteiger partial charge < -0.3 is 19.3 Å². The molecule has 37 heavy (non-hydrogen) atoms. The number of hydrogen-bond donors (Lipinski definition) is 1. The number of esters is 1. The number of ether oxygens (including phenoxy) is 3. The normalized spacial score (nSPS) is 16.7. The molecule has 1 unspecified atom stereocenters. The smallest absolute Gasteiger partial charge is 0.350 e. The summed E-state index contributed by atoms with van der Waals surface area (Å²) in [5.74, 6) is -1.41. The summed E-state index contributed by atoms with van der Waals surface area (Å²) in [7, 11) is 2.79. The lowest BCUT2D eigenvalue weighted by molar-refractivity contribution is -0.132. The summed E-state index contributed by atoms with van der Waals surface area (Å²) >= 11 is 0.944. The minimum atomic E-state index is -0.992. The summed E-state index contributed by atoms with van der Waals surface area (Å²) in [5.41, 5.74) is 1.94. The van der Waals surface area contributed by atoms with E-state index >= 15 is 0 Å². The summed E-state index contributed by atoms with van der Waals surface area (Å²) in [5, 5.41) is 11.5. The first-order valence-corrected chi connectivity index (χ1v) is 12.3. The van der Waals surface area contributed by atoms with E-state index in [4.69, 9.17) is 14.2 Å². The van der Waals surface area contributed by atoms with Crippen molar-refractivity contribution in [1.82, 2.24) is 4.98 Å². The SMILES string of the molecule is CCOc1ccc(C2C(=C(O)c3ccc(OC)c(C)c3)C(=O)C(=O)N2c2nc(C)c(C(=O)OC)s2)cc1. The second-order valence-corrected chi connectivity index (χ2v) is 9.24. The summed E-state index contributed by atoms with van der Waals surface area (Å²) in [6.45, 7) is 5.77. The van der Waals surface area contributed by atoms with Crippen molar-refractivity contribution in [1.29, 1.82) is 0 Å². The minimum absolute atomic E-state index is 0.0915. The van der Waals surface area contributed by atoms with Gasteiger partial charge in [-0.15, -0.1) is 0 Å². The maximum Gasteiger partial charge on any atom is 0.350 e. The molecule has 1 amide bonds. The zero-order valence-corrected chi connectivity index (χ0v) is 21.8. The van der Waals surface area contributed by atoms with Gasteiger partial charge in [0.05, 0.1) is 38.1 Å². The van der Waals surface area contributed by atoms with E-state index in [1.54, 1.807) is 49.4 Å². The van der Waals surface area contributed by atoms with Crippen LogP contribution in [0.4, 0.5) is 5.13 Å². The molecule has 1 saturated heterocycles. The molecule has 9 nitrogen and oxygen atoms in total. The zero-order chi connectivity index (χ0) is 26.9. The van der Waals surface area contributed by atoms with Crippen molar-refractivity contribution < 1.29 is 33.7 Å². The molecular weight excluding hydrogens is 496 g/mol. The number of methoxy groups -OCH3 is 2. The number of benzene rings is 2. The summed E-state index contributed by atoms with van der Waals surface area (Å²) in [4.78, 5) is 44.8. The lowest BCUT2D eigenvalue weighted by atomic mass is 9.95. The predicted octanol–water partition coefficient (Wildman–Crippen LogP) is 4.58. The summed E-state index contributed by atoms with van der Waals surface area (Å²) in [6, 6.07) is 10.9. The van der Waals surface area contributed by atoms with Gasteiger partial charge in [-0.05, 0) is 62.2 Å². The fourth-order valence-electron chi connectivity index (χ4n) is 4.21. The first-order valence-electron chi connectivity index (χ1n) is 11.5. The van der Waals surface area contributed by atoms with Crippen LogP contribution in [-0.2, 0) is 14.3 Å². The minimum Gasteiger partial charge on any atom is -0.507 e. The van der Waals surface area contributed by atoms with E-state index in [9.17, 15) is 19.5 Å². The van der Waals surface area contributed by atoms with Crippen LogP contribution in [-0.4, -0.2) is 48.6 Å². The molecule has 192 valence electrons. The van der Waals surface area contributed by atoms with Gasteiger partial charge in [-0.3, -0.25) is 14.5 Å². The van der Waals surface area contributed by atoms with E-state index in [1.807, 2.05) is 13.8 Å². The van der Waals surface area contributed by atoms with Gasteiger partial charge in [0.1, 0.15) is 22.1 Å². The number of anilines is 1. The largest absolute Gasteiger partial charge is 0.507 e. The number of amides is 1. The Morgan fingerprint density at radius 1 is 1.11 bits per heavy atom. The van der Waals surface area contributed by atoms with Crippen molar-refractivity contribution >= 4 is 39.9 Å². The number of aliphatic hydroxyl groups is 1. The number of ketones is 1. The van der Waals surface area contributed by atoms with Crippen molar-refractivity contribution in [2.24, 2.45) is 0 Å². The second-order valence-electron chi connectivity index (χ2n) is 8.26. The van der Waals surface area contributed by atoms with E-state index in [-0.39, 0.29) is 21.3 Å². The zero-order valence-electron chi connectivity index (χ0n) is 21.0. The highest BCUT2D eigenvalue weighted by molar-refractivity contribution is 7.17. The van der Waals surface area contributed by atoms with E-state index in [0.29, 0.717) is 34.9 Å². The molecule has 0 spiro atoms. The van der Waals surface area contributed by atoms with Crippen molar-refractivity contribution in [3.8, 4) is 11.5 Å². The molecule has 4 rings (SSSR count). The van der Waals surface area contributed by atoms with Crippen molar-refractivity contribution in [3.05, 3.63) is 75.3 Å². The van der Waals surface area contributed by atoms with Crippen molar-refractivity contribution in [2.75, 3.05) is 25.7 Å². The Kier molecular flexibility index (Phi) is 7.30.